The third kappa shape index (κ3) is 3.14. The largest absolute Gasteiger partial charge is 0.365 e. The summed E-state index contributed by atoms with van der Waals surface area (Å²) in [5, 5.41) is 2.91. The minimum atomic E-state index is -0.839. The Morgan fingerprint density at radius 3 is 2.44 bits per heavy atom. The first kappa shape index (κ1) is 16.4. The van der Waals surface area contributed by atoms with Crippen LogP contribution in [0.2, 0.25) is 0 Å². The number of aromatic nitrogens is 1. The molecule has 0 aliphatic heterocycles. The van der Waals surface area contributed by atoms with Crippen molar-refractivity contribution in [2.75, 3.05) is 5.32 Å². The Morgan fingerprint density at radius 1 is 1.08 bits per heavy atom. The van der Waals surface area contributed by atoms with Crippen molar-refractivity contribution in [1.82, 2.24) is 4.98 Å². The van der Waals surface area contributed by atoms with Crippen molar-refractivity contribution in [3.63, 3.8) is 0 Å². The van der Waals surface area contributed by atoms with E-state index in [4.69, 9.17) is 5.73 Å². The highest BCUT2D eigenvalue weighted by atomic mass is 16.2. The Kier molecular flexibility index (Phi) is 4.35. The van der Waals surface area contributed by atoms with Crippen molar-refractivity contribution in [3.8, 4) is 0 Å². The van der Waals surface area contributed by atoms with Gasteiger partial charge in [0.05, 0.1) is 16.5 Å². The van der Waals surface area contributed by atoms with Crippen LogP contribution < -0.4 is 16.5 Å². The first-order chi connectivity index (χ1) is 12.0. The Morgan fingerprint density at radius 2 is 1.80 bits per heavy atom. The summed E-state index contributed by atoms with van der Waals surface area (Å²) >= 11 is 0. The fraction of sp³-hybridized carbons (Fsp3) is 0.105. The standard InChI is InChI=1S/C19H17N3O3/c1-2-11-6-8-12(9-7-11)22-19(25)13-4-3-5-15-16(13)17(23)14(10-21-15)18(20)24/h3-10H,2H2,1H3,(H2,20,24)(H,21,23)(H,22,25). The Hall–Kier alpha value is -3.41. The van der Waals surface area contributed by atoms with Crippen molar-refractivity contribution < 1.29 is 9.59 Å². The topological polar surface area (TPSA) is 105 Å². The SMILES string of the molecule is CCc1ccc(NC(=O)c2cccc3[nH]cc(C(N)=O)c(=O)c23)cc1. The monoisotopic (exact) mass is 335 g/mol. The molecule has 25 heavy (non-hydrogen) atoms. The summed E-state index contributed by atoms with van der Waals surface area (Å²) in [5.74, 6) is -1.27. The molecule has 0 atom stereocenters. The molecule has 4 N–H and O–H groups in total. The Bertz CT molecular complexity index is 1020. The molecule has 0 aliphatic carbocycles. The van der Waals surface area contributed by atoms with Gasteiger partial charge in [-0.3, -0.25) is 14.4 Å². The zero-order valence-electron chi connectivity index (χ0n) is 13.6. The molecular formula is C19H17N3O3. The number of H-pyrrole nitrogens is 1. The van der Waals surface area contributed by atoms with E-state index in [0.29, 0.717) is 11.2 Å². The van der Waals surface area contributed by atoms with E-state index >= 15 is 0 Å². The lowest BCUT2D eigenvalue weighted by molar-refractivity contribution is 0.0995. The Balaban J connectivity index is 2.04. The van der Waals surface area contributed by atoms with Crippen LogP contribution in [-0.4, -0.2) is 16.8 Å². The van der Waals surface area contributed by atoms with Crippen LogP contribution in [0, 0.1) is 0 Å². The zero-order valence-corrected chi connectivity index (χ0v) is 13.6. The molecule has 0 radical (unpaired) electrons. The summed E-state index contributed by atoms with van der Waals surface area (Å²) < 4.78 is 0. The van der Waals surface area contributed by atoms with Crippen molar-refractivity contribution >= 4 is 28.4 Å². The number of hydrogen-bond donors (Lipinski definition) is 3. The molecule has 0 spiro atoms. The first-order valence-corrected chi connectivity index (χ1v) is 7.85. The number of nitrogens with two attached hydrogens (primary N) is 1. The van der Waals surface area contributed by atoms with Crippen LogP contribution in [0.1, 0.15) is 33.2 Å². The number of benzene rings is 2. The molecule has 126 valence electrons. The number of pyridine rings is 1. The number of anilines is 1. The molecule has 0 fully saturated rings. The number of carbonyl (C=O) groups excluding carboxylic acids is 2. The van der Waals surface area contributed by atoms with Gasteiger partial charge in [-0.15, -0.1) is 0 Å². The van der Waals surface area contributed by atoms with E-state index in [2.05, 4.69) is 10.3 Å². The zero-order chi connectivity index (χ0) is 18.0. The number of primary amides is 1. The smallest absolute Gasteiger partial charge is 0.256 e. The molecule has 2 aromatic carbocycles. The number of amides is 2. The van der Waals surface area contributed by atoms with Crippen molar-refractivity contribution in [2.24, 2.45) is 5.73 Å². The molecule has 1 heterocycles. The highest BCUT2D eigenvalue weighted by Crippen LogP contribution is 2.17. The molecular weight excluding hydrogens is 318 g/mol. The molecule has 1 aromatic heterocycles. The lowest BCUT2D eigenvalue weighted by Crippen LogP contribution is -2.24. The lowest BCUT2D eigenvalue weighted by atomic mass is 10.0. The van der Waals surface area contributed by atoms with E-state index in [1.54, 1.807) is 24.3 Å². The number of nitrogens with one attached hydrogen (secondary N) is 2. The molecule has 6 nitrogen and oxygen atoms in total. The minimum absolute atomic E-state index is 0.140. The second kappa shape index (κ2) is 6.60. The van der Waals surface area contributed by atoms with Crippen LogP contribution in [0.25, 0.3) is 10.9 Å². The molecule has 6 heteroatoms. The van der Waals surface area contributed by atoms with E-state index in [1.807, 2.05) is 19.1 Å². The molecule has 0 saturated heterocycles. The van der Waals surface area contributed by atoms with E-state index in [1.165, 1.54) is 12.3 Å². The van der Waals surface area contributed by atoms with E-state index in [-0.39, 0.29) is 16.5 Å². The van der Waals surface area contributed by atoms with Gasteiger partial charge in [0, 0.05) is 11.9 Å². The normalized spacial score (nSPS) is 10.6. The minimum Gasteiger partial charge on any atom is -0.365 e. The third-order valence-corrected chi connectivity index (χ3v) is 4.04. The summed E-state index contributed by atoms with van der Waals surface area (Å²) in [6.07, 6.45) is 2.17. The number of aromatic amines is 1. The molecule has 0 bridgehead atoms. The van der Waals surface area contributed by atoms with Crippen molar-refractivity contribution in [3.05, 3.63) is 75.6 Å². The van der Waals surface area contributed by atoms with Crippen LogP contribution in [0.5, 0.6) is 0 Å². The molecule has 0 unspecified atom stereocenters. The van der Waals surface area contributed by atoms with Crippen LogP contribution in [0.3, 0.4) is 0 Å². The second-order valence-electron chi connectivity index (χ2n) is 5.63. The van der Waals surface area contributed by atoms with Gasteiger partial charge >= 0.3 is 0 Å². The average Bonchev–Trinajstić information content (AvgIpc) is 2.62. The number of hydrogen-bond acceptors (Lipinski definition) is 3. The fourth-order valence-electron chi connectivity index (χ4n) is 2.66. The maximum atomic E-state index is 12.6. The quantitative estimate of drug-likeness (QED) is 0.682. The van der Waals surface area contributed by atoms with Gasteiger partial charge in [-0.2, -0.15) is 0 Å². The predicted octanol–water partition coefficient (Wildman–Crippen LogP) is 2.44. The van der Waals surface area contributed by atoms with Crippen LogP contribution in [-0.2, 0) is 6.42 Å². The molecule has 0 aliphatic rings. The van der Waals surface area contributed by atoms with Gasteiger partial charge in [0.2, 0.25) is 5.43 Å². The van der Waals surface area contributed by atoms with Crippen molar-refractivity contribution in [1.29, 1.82) is 0 Å². The second-order valence-corrected chi connectivity index (χ2v) is 5.63. The number of rotatable bonds is 4. The summed E-state index contributed by atoms with van der Waals surface area (Å²) in [5.41, 5.74) is 6.91. The maximum Gasteiger partial charge on any atom is 0.256 e. The predicted molar refractivity (Wildman–Crippen MR) is 96.9 cm³/mol. The maximum absolute atomic E-state index is 12.6. The highest BCUT2D eigenvalue weighted by Gasteiger charge is 2.17. The van der Waals surface area contributed by atoms with Crippen LogP contribution in [0.15, 0.2) is 53.5 Å². The van der Waals surface area contributed by atoms with Gasteiger partial charge in [0.25, 0.3) is 11.8 Å². The number of fused-ring (bicyclic) bond motifs is 1. The molecule has 2 amide bonds. The third-order valence-electron chi connectivity index (χ3n) is 4.04. The summed E-state index contributed by atoms with van der Waals surface area (Å²) in [4.78, 5) is 39.4. The molecule has 3 aromatic rings. The number of carbonyl (C=O) groups is 2. The summed E-state index contributed by atoms with van der Waals surface area (Å²) in [6, 6.07) is 12.3. The van der Waals surface area contributed by atoms with Gasteiger partial charge in [-0.1, -0.05) is 25.1 Å². The van der Waals surface area contributed by atoms with E-state index in [9.17, 15) is 14.4 Å². The van der Waals surface area contributed by atoms with Gasteiger partial charge in [0.15, 0.2) is 0 Å². The first-order valence-electron chi connectivity index (χ1n) is 7.85. The van der Waals surface area contributed by atoms with Crippen molar-refractivity contribution in [2.45, 2.75) is 13.3 Å². The van der Waals surface area contributed by atoms with Crippen LogP contribution >= 0.6 is 0 Å². The molecule has 0 saturated carbocycles. The van der Waals surface area contributed by atoms with Gasteiger partial charge in [-0.05, 0) is 36.2 Å². The number of aryl methyl sites for hydroxylation is 1. The summed E-state index contributed by atoms with van der Waals surface area (Å²) in [7, 11) is 0. The van der Waals surface area contributed by atoms with Crippen LogP contribution in [0.4, 0.5) is 5.69 Å². The van der Waals surface area contributed by atoms with E-state index in [0.717, 1.165) is 12.0 Å². The average molecular weight is 335 g/mol. The van der Waals surface area contributed by atoms with Gasteiger partial charge in [-0.25, -0.2) is 0 Å². The fourth-order valence-corrected chi connectivity index (χ4v) is 2.66. The van der Waals surface area contributed by atoms with E-state index < -0.39 is 17.2 Å². The Labute approximate surface area is 143 Å². The highest BCUT2D eigenvalue weighted by molar-refractivity contribution is 6.13. The molecule has 3 rings (SSSR count). The van der Waals surface area contributed by atoms with Gasteiger partial charge in [0.1, 0.15) is 5.56 Å². The lowest BCUT2D eigenvalue weighted by Gasteiger charge is -2.09. The van der Waals surface area contributed by atoms with Gasteiger partial charge < -0.3 is 16.0 Å². The summed E-state index contributed by atoms with van der Waals surface area (Å²) in [6.45, 7) is 2.05.